The van der Waals surface area contributed by atoms with Gasteiger partial charge < -0.3 is 0 Å². The molecule has 0 radical (unpaired) electrons. The summed E-state index contributed by atoms with van der Waals surface area (Å²) >= 11 is 0. The zero-order valence-corrected chi connectivity index (χ0v) is 13.8. The molecule has 136 valence electrons. The van der Waals surface area contributed by atoms with Crippen molar-refractivity contribution in [2.45, 2.75) is 12.7 Å². The van der Waals surface area contributed by atoms with E-state index in [4.69, 9.17) is 0 Å². The molecule has 0 aliphatic carbocycles. The number of rotatable bonds is 3. The van der Waals surface area contributed by atoms with Crippen molar-refractivity contribution in [3.63, 3.8) is 0 Å². The van der Waals surface area contributed by atoms with E-state index in [1.54, 1.807) is 24.3 Å². The molecule has 0 saturated carbocycles. The average molecular weight is 371 g/mol. The van der Waals surface area contributed by atoms with Gasteiger partial charge in [0.15, 0.2) is 5.82 Å². The van der Waals surface area contributed by atoms with Gasteiger partial charge in [0.1, 0.15) is 12.7 Å². The molecule has 0 unspecified atom stereocenters. The standard InChI is InChI=1S/C18H12F3N5O/c19-18(20,21)13-5-3-4-12(8-13)9-25-17(27)15-7-2-1-6-14(15)16(24-25)26-11-22-10-23-26/h1-8,10-11H,9H2. The lowest BCUT2D eigenvalue weighted by molar-refractivity contribution is -0.137. The van der Waals surface area contributed by atoms with Crippen LogP contribution in [0.1, 0.15) is 11.1 Å². The fourth-order valence-corrected chi connectivity index (χ4v) is 2.83. The van der Waals surface area contributed by atoms with Crippen molar-refractivity contribution in [2.24, 2.45) is 0 Å². The Morgan fingerprint density at radius 1 is 1.00 bits per heavy atom. The van der Waals surface area contributed by atoms with Crippen LogP contribution in [0.15, 0.2) is 66.0 Å². The highest BCUT2D eigenvalue weighted by atomic mass is 19.4. The first-order valence-corrected chi connectivity index (χ1v) is 7.94. The van der Waals surface area contributed by atoms with E-state index in [9.17, 15) is 18.0 Å². The fraction of sp³-hybridized carbons (Fsp3) is 0.111. The molecule has 4 rings (SSSR count). The summed E-state index contributed by atoms with van der Waals surface area (Å²) in [6.07, 6.45) is -1.68. The summed E-state index contributed by atoms with van der Waals surface area (Å²) in [5.41, 5.74) is -0.850. The minimum Gasteiger partial charge on any atom is -0.267 e. The molecule has 27 heavy (non-hydrogen) atoms. The second-order valence-electron chi connectivity index (χ2n) is 5.87. The highest BCUT2D eigenvalue weighted by Gasteiger charge is 2.30. The predicted molar refractivity (Wildman–Crippen MR) is 91.5 cm³/mol. The van der Waals surface area contributed by atoms with E-state index < -0.39 is 17.3 Å². The Kier molecular flexibility index (Phi) is 3.98. The van der Waals surface area contributed by atoms with E-state index in [2.05, 4.69) is 15.2 Å². The first-order valence-electron chi connectivity index (χ1n) is 7.94. The highest BCUT2D eigenvalue weighted by Crippen LogP contribution is 2.29. The van der Waals surface area contributed by atoms with Crippen molar-refractivity contribution in [3.8, 4) is 5.82 Å². The maximum absolute atomic E-state index is 12.9. The van der Waals surface area contributed by atoms with Crippen LogP contribution in [0.25, 0.3) is 16.6 Å². The summed E-state index contributed by atoms with van der Waals surface area (Å²) in [4.78, 5) is 16.6. The van der Waals surface area contributed by atoms with E-state index >= 15 is 0 Å². The molecule has 2 aromatic heterocycles. The summed E-state index contributed by atoms with van der Waals surface area (Å²) in [5.74, 6) is 0.370. The topological polar surface area (TPSA) is 65.6 Å². The van der Waals surface area contributed by atoms with Crippen molar-refractivity contribution in [1.82, 2.24) is 24.5 Å². The van der Waals surface area contributed by atoms with Crippen LogP contribution in [0.3, 0.4) is 0 Å². The van der Waals surface area contributed by atoms with Gasteiger partial charge in [0.25, 0.3) is 5.56 Å². The van der Waals surface area contributed by atoms with Gasteiger partial charge in [0, 0.05) is 5.39 Å². The van der Waals surface area contributed by atoms with Gasteiger partial charge in [-0.15, -0.1) is 5.10 Å². The third kappa shape index (κ3) is 3.19. The Bertz CT molecular complexity index is 1170. The van der Waals surface area contributed by atoms with Gasteiger partial charge in [0.2, 0.25) is 0 Å². The lowest BCUT2D eigenvalue weighted by Crippen LogP contribution is -2.25. The predicted octanol–water partition coefficient (Wildman–Crippen LogP) is 3.04. The Hall–Kier alpha value is -3.49. The average Bonchev–Trinajstić information content (AvgIpc) is 3.18. The van der Waals surface area contributed by atoms with Crippen LogP contribution < -0.4 is 5.56 Å². The number of halogens is 3. The van der Waals surface area contributed by atoms with Crippen LogP contribution in [0, 0.1) is 0 Å². The van der Waals surface area contributed by atoms with Gasteiger partial charge in [-0.25, -0.2) is 14.3 Å². The minimum atomic E-state index is -4.45. The molecule has 4 aromatic rings. The van der Waals surface area contributed by atoms with Crippen molar-refractivity contribution >= 4 is 10.8 Å². The van der Waals surface area contributed by atoms with Crippen molar-refractivity contribution in [1.29, 1.82) is 0 Å². The Balaban J connectivity index is 1.86. The zero-order chi connectivity index (χ0) is 19.0. The monoisotopic (exact) mass is 371 g/mol. The van der Waals surface area contributed by atoms with E-state index in [1.807, 2.05) is 0 Å². The van der Waals surface area contributed by atoms with Crippen LogP contribution in [0.5, 0.6) is 0 Å². The maximum atomic E-state index is 12.9. The van der Waals surface area contributed by atoms with Crippen LogP contribution in [0.4, 0.5) is 13.2 Å². The number of hydrogen-bond acceptors (Lipinski definition) is 4. The second kappa shape index (κ2) is 6.35. The smallest absolute Gasteiger partial charge is 0.267 e. The van der Waals surface area contributed by atoms with Crippen molar-refractivity contribution < 1.29 is 13.2 Å². The molecule has 6 nitrogen and oxygen atoms in total. The molecule has 0 spiro atoms. The number of nitrogens with zero attached hydrogens (tertiary/aromatic N) is 5. The first kappa shape index (κ1) is 17.0. The molecule has 2 aromatic carbocycles. The van der Waals surface area contributed by atoms with Gasteiger partial charge in [-0.05, 0) is 23.8 Å². The van der Waals surface area contributed by atoms with Crippen LogP contribution in [-0.2, 0) is 12.7 Å². The van der Waals surface area contributed by atoms with Gasteiger partial charge in [0.05, 0.1) is 17.5 Å². The summed E-state index contributed by atoms with van der Waals surface area (Å²) in [5, 5.41) is 9.32. The summed E-state index contributed by atoms with van der Waals surface area (Å²) < 4.78 is 41.4. The number of hydrogen-bond donors (Lipinski definition) is 0. The lowest BCUT2D eigenvalue weighted by atomic mass is 10.1. The molecule has 0 bridgehead atoms. The van der Waals surface area contributed by atoms with Gasteiger partial charge in [-0.1, -0.05) is 30.3 Å². The second-order valence-corrected chi connectivity index (χ2v) is 5.87. The third-order valence-electron chi connectivity index (χ3n) is 4.07. The molecule has 0 N–H and O–H groups in total. The normalized spacial score (nSPS) is 11.8. The van der Waals surface area contributed by atoms with Crippen LogP contribution in [-0.4, -0.2) is 24.5 Å². The van der Waals surface area contributed by atoms with Crippen LogP contribution in [0.2, 0.25) is 0 Å². The molecule has 0 aliphatic rings. The molecule has 0 amide bonds. The van der Waals surface area contributed by atoms with E-state index in [0.717, 1.165) is 16.8 Å². The maximum Gasteiger partial charge on any atom is 0.416 e. The van der Waals surface area contributed by atoms with Gasteiger partial charge in [-0.2, -0.15) is 18.3 Å². The van der Waals surface area contributed by atoms with E-state index in [0.29, 0.717) is 22.2 Å². The number of fused-ring (bicyclic) bond motifs is 1. The summed E-state index contributed by atoms with van der Waals surface area (Å²) in [7, 11) is 0. The number of aromatic nitrogens is 5. The molecule has 0 saturated heterocycles. The van der Waals surface area contributed by atoms with E-state index in [1.165, 1.54) is 29.5 Å². The molecule has 0 fully saturated rings. The van der Waals surface area contributed by atoms with Gasteiger partial charge >= 0.3 is 6.18 Å². The molecule has 0 aliphatic heterocycles. The Morgan fingerprint density at radius 3 is 2.48 bits per heavy atom. The van der Waals surface area contributed by atoms with Crippen molar-refractivity contribution in [2.75, 3.05) is 0 Å². The van der Waals surface area contributed by atoms with E-state index in [-0.39, 0.29) is 6.54 Å². The molecular formula is C18H12F3N5O. The largest absolute Gasteiger partial charge is 0.416 e. The van der Waals surface area contributed by atoms with Gasteiger partial charge in [-0.3, -0.25) is 4.79 Å². The first-order chi connectivity index (χ1) is 12.9. The van der Waals surface area contributed by atoms with Crippen LogP contribution >= 0.6 is 0 Å². The third-order valence-corrected chi connectivity index (χ3v) is 4.07. The molecular weight excluding hydrogens is 359 g/mol. The fourth-order valence-electron chi connectivity index (χ4n) is 2.83. The Labute approximate surface area is 150 Å². The SMILES string of the molecule is O=c1c2ccccc2c(-n2cncn2)nn1Cc1cccc(C(F)(F)F)c1. The zero-order valence-electron chi connectivity index (χ0n) is 13.8. The van der Waals surface area contributed by atoms with Crippen molar-refractivity contribution in [3.05, 3.63) is 82.7 Å². The minimum absolute atomic E-state index is 0.102. The molecule has 2 heterocycles. The number of benzene rings is 2. The quantitative estimate of drug-likeness (QED) is 0.555. The summed E-state index contributed by atoms with van der Waals surface area (Å²) in [6, 6.07) is 11.7. The molecule has 9 heteroatoms. The number of alkyl halides is 3. The molecule has 0 atom stereocenters. The summed E-state index contributed by atoms with van der Waals surface area (Å²) in [6.45, 7) is -0.102. The lowest BCUT2D eigenvalue weighted by Gasteiger charge is -2.12. The Morgan fingerprint density at radius 2 is 1.78 bits per heavy atom. The highest BCUT2D eigenvalue weighted by molar-refractivity contribution is 5.87.